The molecule has 3 aromatic rings. The lowest BCUT2D eigenvalue weighted by molar-refractivity contribution is 1.23. The number of hydrogen-bond acceptors (Lipinski definition) is 3. The summed E-state index contributed by atoms with van der Waals surface area (Å²) >= 11 is 17.2. The molecule has 1 aromatic carbocycles. The van der Waals surface area contributed by atoms with Gasteiger partial charge in [-0.3, -0.25) is 0 Å². The van der Waals surface area contributed by atoms with E-state index >= 15 is 0 Å². The summed E-state index contributed by atoms with van der Waals surface area (Å²) in [6, 6.07) is 7.68. The SMILES string of the molecule is Cc1ccc(Br)c2c(Cl)nc(-c3ccc(Cl)s3)nc12. The fourth-order valence-corrected chi connectivity index (χ4v) is 3.71. The van der Waals surface area contributed by atoms with E-state index in [2.05, 4.69) is 25.9 Å². The Morgan fingerprint density at radius 3 is 2.58 bits per heavy atom. The monoisotopic (exact) mass is 372 g/mol. The molecular formula is C13H7BrCl2N2S. The molecule has 0 amide bonds. The third-order valence-electron chi connectivity index (χ3n) is 2.75. The largest absolute Gasteiger partial charge is 0.227 e. The molecule has 0 fully saturated rings. The van der Waals surface area contributed by atoms with Crippen LogP contribution in [0.4, 0.5) is 0 Å². The summed E-state index contributed by atoms with van der Waals surface area (Å²) in [5.74, 6) is 0.607. The highest BCUT2D eigenvalue weighted by molar-refractivity contribution is 9.10. The van der Waals surface area contributed by atoms with Crippen molar-refractivity contribution in [3.05, 3.63) is 43.8 Å². The smallest absolute Gasteiger partial charge is 0.171 e. The van der Waals surface area contributed by atoms with Crippen molar-refractivity contribution < 1.29 is 0 Å². The van der Waals surface area contributed by atoms with Gasteiger partial charge in [0.15, 0.2) is 5.82 Å². The maximum Gasteiger partial charge on any atom is 0.171 e. The predicted octanol–water partition coefficient (Wildman–Crippen LogP) is 5.74. The Balaban J connectivity index is 2.33. The average Bonchev–Trinajstić information content (AvgIpc) is 2.80. The van der Waals surface area contributed by atoms with Crippen LogP contribution < -0.4 is 0 Å². The van der Waals surface area contributed by atoms with Crippen LogP contribution in [-0.2, 0) is 0 Å². The molecule has 0 aliphatic carbocycles. The Hall–Kier alpha value is -0.680. The van der Waals surface area contributed by atoms with Gasteiger partial charge in [-0.05, 0) is 46.6 Å². The summed E-state index contributed by atoms with van der Waals surface area (Å²) in [5.41, 5.74) is 1.92. The Kier molecular flexibility index (Phi) is 3.52. The molecule has 0 aliphatic heterocycles. The number of rotatable bonds is 1. The van der Waals surface area contributed by atoms with Crippen LogP contribution in [0.1, 0.15) is 5.56 Å². The first-order valence-electron chi connectivity index (χ1n) is 5.44. The Labute approximate surface area is 132 Å². The van der Waals surface area contributed by atoms with Crippen LogP contribution in [0.3, 0.4) is 0 Å². The highest BCUT2D eigenvalue weighted by atomic mass is 79.9. The number of aromatic nitrogens is 2. The highest BCUT2D eigenvalue weighted by Gasteiger charge is 2.13. The van der Waals surface area contributed by atoms with Gasteiger partial charge >= 0.3 is 0 Å². The van der Waals surface area contributed by atoms with Crippen LogP contribution in [0, 0.1) is 6.92 Å². The highest BCUT2D eigenvalue weighted by Crippen LogP contribution is 2.35. The minimum Gasteiger partial charge on any atom is -0.227 e. The maximum absolute atomic E-state index is 6.29. The van der Waals surface area contributed by atoms with Crippen LogP contribution in [0.5, 0.6) is 0 Å². The number of aryl methyl sites for hydroxylation is 1. The molecule has 0 radical (unpaired) electrons. The van der Waals surface area contributed by atoms with Crippen molar-refractivity contribution >= 4 is 61.4 Å². The second-order valence-corrected chi connectivity index (χ2v) is 6.96. The van der Waals surface area contributed by atoms with Crippen molar-refractivity contribution in [1.82, 2.24) is 9.97 Å². The molecule has 0 saturated heterocycles. The van der Waals surface area contributed by atoms with Gasteiger partial charge in [0.05, 0.1) is 20.1 Å². The van der Waals surface area contributed by atoms with Crippen molar-refractivity contribution in [1.29, 1.82) is 0 Å². The summed E-state index contributed by atoms with van der Waals surface area (Å²) < 4.78 is 1.61. The Morgan fingerprint density at radius 1 is 1.11 bits per heavy atom. The van der Waals surface area contributed by atoms with Crippen molar-refractivity contribution in [2.24, 2.45) is 0 Å². The van der Waals surface area contributed by atoms with Crippen molar-refractivity contribution in [3.63, 3.8) is 0 Å². The van der Waals surface area contributed by atoms with E-state index in [4.69, 9.17) is 23.2 Å². The first kappa shape index (κ1) is 13.3. The van der Waals surface area contributed by atoms with E-state index in [1.165, 1.54) is 11.3 Å². The van der Waals surface area contributed by atoms with E-state index in [1.54, 1.807) is 0 Å². The predicted molar refractivity (Wildman–Crippen MR) is 85.3 cm³/mol. The lowest BCUT2D eigenvalue weighted by atomic mass is 10.1. The lowest BCUT2D eigenvalue weighted by Crippen LogP contribution is -1.93. The molecule has 2 aromatic heterocycles. The first-order chi connectivity index (χ1) is 9.06. The van der Waals surface area contributed by atoms with E-state index in [1.807, 2.05) is 31.2 Å². The molecule has 19 heavy (non-hydrogen) atoms. The zero-order valence-corrected chi connectivity index (χ0v) is 13.7. The fraction of sp³-hybridized carbons (Fsp3) is 0.0769. The maximum atomic E-state index is 6.29. The molecule has 6 heteroatoms. The summed E-state index contributed by atoms with van der Waals surface area (Å²) in [4.78, 5) is 9.88. The van der Waals surface area contributed by atoms with Crippen LogP contribution in [0.25, 0.3) is 21.6 Å². The summed E-state index contributed by atoms with van der Waals surface area (Å²) in [6.45, 7) is 2.00. The summed E-state index contributed by atoms with van der Waals surface area (Å²) in [5, 5.41) is 1.29. The number of benzene rings is 1. The normalized spacial score (nSPS) is 11.2. The van der Waals surface area contributed by atoms with Gasteiger partial charge in [-0.2, -0.15) is 0 Å². The van der Waals surface area contributed by atoms with Gasteiger partial charge in [0.25, 0.3) is 0 Å². The van der Waals surface area contributed by atoms with Crippen LogP contribution in [0.2, 0.25) is 9.49 Å². The average molecular weight is 374 g/mol. The van der Waals surface area contributed by atoms with E-state index in [0.717, 1.165) is 25.8 Å². The first-order valence-corrected chi connectivity index (χ1v) is 7.81. The lowest BCUT2D eigenvalue weighted by Gasteiger charge is -2.07. The zero-order chi connectivity index (χ0) is 13.6. The molecule has 0 aliphatic rings. The molecule has 3 rings (SSSR count). The molecule has 96 valence electrons. The van der Waals surface area contributed by atoms with Gasteiger partial charge in [0.1, 0.15) is 5.15 Å². The minimum absolute atomic E-state index is 0.445. The quantitative estimate of drug-likeness (QED) is 0.508. The van der Waals surface area contributed by atoms with E-state index in [9.17, 15) is 0 Å². The van der Waals surface area contributed by atoms with Gasteiger partial charge in [-0.15, -0.1) is 11.3 Å². The molecule has 0 bridgehead atoms. The van der Waals surface area contributed by atoms with Gasteiger partial charge in [0.2, 0.25) is 0 Å². The molecule has 0 unspecified atom stereocenters. The fourth-order valence-electron chi connectivity index (χ4n) is 1.84. The summed E-state index contributed by atoms with van der Waals surface area (Å²) in [7, 11) is 0. The molecule has 2 heterocycles. The van der Waals surface area contributed by atoms with Gasteiger partial charge in [-0.1, -0.05) is 29.3 Å². The molecular weight excluding hydrogens is 367 g/mol. The second-order valence-electron chi connectivity index (χ2n) is 4.03. The summed E-state index contributed by atoms with van der Waals surface area (Å²) in [6.07, 6.45) is 0. The molecule has 0 N–H and O–H groups in total. The third-order valence-corrected chi connectivity index (χ3v) is 4.91. The second kappa shape index (κ2) is 5.02. The standard InChI is InChI=1S/C13H7BrCl2N2S/c1-6-2-3-7(14)10-11(6)17-13(18-12(10)16)8-4-5-9(15)19-8/h2-5H,1H3. The minimum atomic E-state index is 0.445. The van der Waals surface area contributed by atoms with Crippen LogP contribution in [0.15, 0.2) is 28.7 Å². The van der Waals surface area contributed by atoms with Crippen LogP contribution in [-0.4, -0.2) is 9.97 Å². The van der Waals surface area contributed by atoms with E-state index < -0.39 is 0 Å². The molecule has 2 nitrogen and oxygen atoms in total. The van der Waals surface area contributed by atoms with E-state index in [0.29, 0.717) is 15.3 Å². The number of hydrogen-bond donors (Lipinski definition) is 0. The van der Waals surface area contributed by atoms with Crippen LogP contribution >= 0.6 is 50.5 Å². The Morgan fingerprint density at radius 2 is 1.89 bits per heavy atom. The van der Waals surface area contributed by atoms with Crippen molar-refractivity contribution in [2.45, 2.75) is 6.92 Å². The molecule has 0 atom stereocenters. The van der Waals surface area contributed by atoms with Gasteiger partial charge in [0, 0.05) is 4.47 Å². The molecule has 0 saturated carbocycles. The molecule has 0 spiro atoms. The number of thiophene rings is 1. The van der Waals surface area contributed by atoms with E-state index in [-0.39, 0.29) is 0 Å². The van der Waals surface area contributed by atoms with Gasteiger partial charge in [-0.25, -0.2) is 9.97 Å². The number of fused-ring (bicyclic) bond motifs is 1. The van der Waals surface area contributed by atoms with Crippen molar-refractivity contribution in [2.75, 3.05) is 0 Å². The van der Waals surface area contributed by atoms with Gasteiger partial charge < -0.3 is 0 Å². The number of halogens is 3. The Bertz CT molecular complexity index is 786. The number of nitrogens with zero attached hydrogens (tertiary/aromatic N) is 2. The zero-order valence-electron chi connectivity index (χ0n) is 9.75. The third kappa shape index (κ3) is 2.38. The topological polar surface area (TPSA) is 25.8 Å². The van der Waals surface area contributed by atoms with Crippen molar-refractivity contribution in [3.8, 4) is 10.7 Å².